The fourth-order valence-corrected chi connectivity index (χ4v) is 5.28. The summed E-state index contributed by atoms with van der Waals surface area (Å²) >= 11 is 0. The first kappa shape index (κ1) is 25.1. The Bertz CT molecular complexity index is 707. The van der Waals surface area contributed by atoms with Gasteiger partial charge in [0.25, 0.3) is 0 Å². The Morgan fingerprint density at radius 1 is 1.29 bits per heavy atom. The highest BCUT2D eigenvalue weighted by Gasteiger charge is 2.36. The van der Waals surface area contributed by atoms with Crippen LogP contribution < -0.4 is 5.32 Å². The second-order valence-corrected chi connectivity index (χ2v) is 8.98. The van der Waals surface area contributed by atoms with E-state index in [2.05, 4.69) is 17.2 Å². The molecule has 0 aromatic carbocycles. The normalized spacial score (nSPS) is 20.8. The van der Waals surface area contributed by atoms with Crippen LogP contribution in [0.2, 0.25) is 0 Å². The quantitative estimate of drug-likeness (QED) is 0.712. The largest absolute Gasteiger partial charge is 0.338 e. The van der Waals surface area contributed by atoms with Gasteiger partial charge >= 0.3 is 0 Å². The summed E-state index contributed by atoms with van der Waals surface area (Å²) in [6, 6.07) is 3.47. The van der Waals surface area contributed by atoms with Crippen molar-refractivity contribution in [3.05, 3.63) is 24.5 Å². The van der Waals surface area contributed by atoms with Crippen molar-refractivity contribution >= 4 is 40.7 Å². The van der Waals surface area contributed by atoms with Crippen molar-refractivity contribution in [1.82, 2.24) is 19.5 Å². The van der Waals surface area contributed by atoms with Gasteiger partial charge in [-0.25, -0.2) is 8.42 Å². The van der Waals surface area contributed by atoms with E-state index < -0.39 is 10.0 Å². The summed E-state index contributed by atoms with van der Waals surface area (Å²) in [6.45, 7) is 5.46. The van der Waals surface area contributed by atoms with Crippen LogP contribution in [0.15, 0.2) is 29.4 Å². The third kappa shape index (κ3) is 5.57. The van der Waals surface area contributed by atoms with Crippen molar-refractivity contribution in [2.24, 2.45) is 5.92 Å². The lowest BCUT2D eigenvalue weighted by Gasteiger charge is -2.36. The summed E-state index contributed by atoms with van der Waals surface area (Å²) in [5.74, 6) is 0.112. The van der Waals surface area contributed by atoms with Crippen molar-refractivity contribution in [2.75, 3.05) is 32.7 Å². The van der Waals surface area contributed by atoms with Gasteiger partial charge in [-0.2, -0.15) is 4.31 Å². The van der Waals surface area contributed by atoms with E-state index in [1.807, 2.05) is 4.90 Å². The maximum Gasteiger partial charge on any atom is 0.244 e. The highest BCUT2D eigenvalue weighted by molar-refractivity contribution is 7.89. The molecule has 1 aromatic rings. The topological polar surface area (TPSA) is 82.6 Å². The number of amides is 1. The van der Waals surface area contributed by atoms with Crippen LogP contribution in [0.5, 0.6) is 0 Å². The molecule has 0 bridgehead atoms. The summed E-state index contributed by atoms with van der Waals surface area (Å²) in [4.78, 5) is 19.2. The van der Waals surface area contributed by atoms with Crippen LogP contribution in [0.4, 0.5) is 0 Å². The van der Waals surface area contributed by atoms with Gasteiger partial charge in [0.2, 0.25) is 15.9 Å². The zero-order chi connectivity index (χ0) is 18.6. The first-order valence-electron chi connectivity index (χ1n) is 9.45. The van der Waals surface area contributed by atoms with Crippen LogP contribution in [-0.2, 0) is 14.8 Å². The maximum atomic E-state index is 13.0. The molecule has 0 saturated carbocycles. The number of piperidine rings is 1. The number of sulfonamides is 1. The molecule has 2 aliphatic rings. The van der Waals surface area contributed by atoms with E-state index in [0.29, 0.717) is 25.9 Å². The Hall–Kier alpha value is -0.930. The van der Waals surface area contributed by atoms with Gasteiger partial charge in [0, 0.05) is 50.5 Å². The molecule has 1 unspecified atom stereocenters. The number of nitrogens with one attached hydrogen (secondary N) is 1. The van der Waals surface area contributed by atoms with E-state index >= 15 is 0 Å². The van der Waals surface area contributed by atoms with E-state index in [-0.39, 0.29) is 47.6 Å². The Morgan fingerprint density at radius 3 is 2.54 bits per heavy atom. The Morgan fingerprint density at radius 2 is 2.00 bits per heavy atom. The SMILES string of the molecule is CCCN(C(=O)C1CCN(S(=O)(=O)c2cccnc2)CC1)C1CCNC1.Cl.Cl. The summed E-state index contributed by atoms with van der Waals surface area (Å²) in [5, 5.41) is 3.33. The molecular formula is C18H30Cl2N4O3S. The van der Waals surface area contributed by atoms with Crippen molar-refractivity contribution in [2.45, 2.75) is 43.5 Å². The van der Waals surface area contributed by atoms with Gasteiger partial charge in [0.15, 0.2) is 0 Å². The third-order valence-electron chi connectivity index (χ3n) is 5.30. The van der Waals surface area contributed by atoms with Crippen LogP contribution in [-0.4, -0.2) is 67.3 Å². The molecule has 10 heteroatoms. The van der Waals surface area contributed by atoms with E-state index in [1.165, 1.54) is 10.5 Å². The van der Waals surface area contributed by atoms with Gasteiger partial charge in [-0.3, -0.25) is 9.78 Å². The summed E-state index contributed by atoms with van der Waals surface area (Å²) < 4.78 is 26.9. The molecule has 1 aromatic heterocycles. The zero-order valence-electron chi connectivity index (χ0n) is 16.1. The zero-order valence-corrected chi connectivity index (χ0v) is 18.6. The summed E-state index contributed by atoms with van der Waals surface area (Å²) in [5.41, 5.74) is 0. The second kappa shape index (κ2) is 11.3. The second-order valence-electron chi connectivity index (χ2n) is 7.05. The van der Waals surface area contributed by atoms with Crippen molar-refractivity contribution in [3.8, 4) is 0 Å². The minimum Gasteiger partial charge on any atom is -0.338 e. The number of pyridine rings is 1. The van der Waals surface area contributed by atoms with Gasteiger partial charge < -0.3 is 10.2 Å². The maximum absolute atomic E-state index is 13.0. The lowest BCUT2D eigenvalue weighted by atomic mass is 9.95. The lowest BCUT2D eigenvalue weighted by Crippen LogP contribution is -2.48. The van der Waals surface area contributed by atoms with Crippen LogP contribution >= 0.6 is 24.8 Å². The number of carbonyl (C=O) groups is 1. The molecule has 1 atom stereocenters. The molecule has 2 saturated heterocycles. The third-order valence-corrected chi connectivity index (χ3v) is 7.18. The Balaban J connectivity index is 0.00000196. The number of nitrogens with zero attached hydrogens (tertiary/aromatic N) is 3. The smallest absolute Gasteiger partial charge is 0.244 e. The molecule has 0 radical (unpaired) electrons. The Kier molecular flexibility index (Phi) is 10.1. The molecule has 0 aliphatic carbocycles. The lowest BCUT2D eigenvalue weighted by molar-refractivity contribution is -0.138. The highest BCUT2D eigenvalue weighted by Crippen LogP contribution is 2.26. The molecule has 0 spiro atoms. The molecular weight excluding hydrogens is 423 g/mol. The standard InChI is InChI=1S/C18H28N4O3S.2ClH/c1-2-10-22(16-5-9-20-13-16)18(23)15-6-11-21(12-7-15)26(24,25)17-4-3-8-19-14-17;;/h3-4,8,14-16,20H,2,5-7,9-13H2,1H3;2*1H. The van der Waals surface area contributed by atoms with Crippen LogP contribution in [0.1, 0.15) is 32.6 Å². The fourth-order valence-electron chi connectivity index (χ4n) is 3.85. The van der Waals surface area contributed by atoms with Crippen molar-refractivity contribution < 1.29 is 13.2 Å². The fraction of sp³-hybridized carbons (Fsp3) is 0.667. The molecule has 2 aliphatic heterocycles. The molecule has 1 amide bonds. The van der Waals surface area contributed by atoms with E-state index in [9.17, 15) is 13.2 Å². The molecule has 3 rings (SSSR count). The first-order valence-corrected chi connectivity index (χ1v) is 10.9. The molecule has 28 heavy (non-hydrogen) atoms. The van der Waals surface area contributed by atoms with Crippen molar-refractivity contribution in [1.29, 1.82) is 0 Å². The minimum atomic E-state index is -3.52. The molecule has 1 N–H and O–H groups in total. The van der Waals surface area contributed by atoms with E-state index in [0.717, 1.165) is 32.5 Å². The van der Waals surface area contributed by atoms with Crippen LogP contribution in [0.3, 0.4) is 0 Å². The average Bonchev–Trinajstić information content (AvgIpc) is 3.21. The predicted molar refractivity (Wildman–Crippen MR) is 113 cm³/mol. The van der Waals surface area contributed by atoms with Gasteiger partial charge in [-0.15, -0.1) is 24.8 Å². The molecule has 2 fully saturated rings. The highest BCUT2D eigenvalue weighted by atomic mass is 35.5. The molecule has 3 heterocycles. The number of aromatic nitrogens is 1. The number of halogens is 2. The minimum absolute atomic E-state index is 0. The molecule has 7 nitrogen and oxygen atoms in total. The first-order chi connectivity index (χ1) is 12.5. The number of hydrogen-bond donors (Lipinski definition) is 1. The van der Waals surface area contributed by atoms with Gasteiger partial charge in [0.1, 0.15) is 4.90 Å². The monoisotopic (exact) mass is 452 g/mol. The predicted octanol–water partition coefficient (Wildman–Crippen LogP) is 1.93. The number of hydrogen-bond acceptors (Lipinski definition) is 5. The summed E-state index contributed by atoms with van der Waals surface area (Å²) in [7, 11) is -3.52. The molecule has 160 valence electrons. The van der Waals surface area contributed by atoms with E-state index in [1.54, 1.807) is 18.3 Å². The Labute approximate surface area is 180 Å². The number of carbonyl (C=O) groups excluding carboxylic acids is 1. The van der Waals surface area contributed by atoms with Crippen molar-refractivity contribution in [3.63, 3.8) is 0 Å². The van der Waals surface area contributed by atoms with Crippen LogP contribution in [0, 0.1) is 5.92 Å². The average molecular weight is 453 g/mol. The van der Waals surface area contributed by atoms with Crippen LogP contribution in [0.25, 0.3) is 0 Å². The van der Waals surface area contributed by atoms with Gasteiger partial charge in [0.05, 0.1) is 0 Å². The van der Waals surface area contributed by atoms with Gasteiger partial charge in [-0.1, -0.05) is 6.92 Å². The number of rotatable bonds is 6. The van der Waals surface area contributed by atoms with Gasteiger partial charge in [-0.05, 0) is 44.4 Å². The van der Waals surface area contributed by atoms with E-state index in [4.69, 9.17) is 0 Å². The summed E-state index contributed by atoms with van der Waals surface area (Å²) in [6.07, 6.45) is 6.04.